The molecule has 0 aliphatic carbocycles. The minimum atomic E-state index is 1.29. The standard InChI is InChI=1S/C14H14.C8H10.3C2H6/c1-11-3-7-13(8-4-11)14-9-5-12(2)6-10-14;1-7-3-5-8(2)6-4-7;3*1-2/h3-10H,1-2H3;3-6H,1-2H3;3*1-2H3. The van der Waals surface area contributed by atoms with Gasteiger partial charge in [-0.25, -0.2) is 0 Å². The smallest absolute Gasteiger partial charge is 0.0184 e. The van der Waals surface area contributed by atoms with E-state index in [0.29, 0.717) is 0 Å². The van der Waals surface area contributed by atoms with E-state index in [1.54, 1.807) is 0 Å². The second kappa shape index (κ2) is 18.0. The first-order valence-corrected chi connectivity index (χ1v) is 10.7. The fourth-order valence-corrected chi connectivity index (χ4v) is 2.13. The van der Waals surface area contributed by atoms with Gasteiger partial charge in [0.1, 0.15) is 0 Å². The molecular weight excluding hydrogens is 336 g/mol. The van der Waals surface area contributed by atoms with Gasteiger partial charge in [0.15, 0.2) is 0 Å². The molecule has 0 aromatic heterocycles. The van der Waals surface area contributed by atoms with Gasteiger partial charge in [-0.2, -0.15) is 0 Å². The normalized spacial score (nSPS) is 8.36. The van der Waals surface area contributed by atoms with Crippen LogP contribution in [0.5, 0.6) is 0 Å². The van der Waals surface area contributed by atoms with Crippen LogP contribution in [0.15, 0.2) is 72.8 Å². The van der Waals surface area contributed by atoms with Gasteiger partial charge in [0.2, 0.25) is 0 Å². The van der Waals surface area contributed by atoms with Crippen LogP contribution in [-0.2, 0) is 0 Å². The molecular formula is C28H42. The Morgan fingerprint density at radius 3 is 0.607 bits per heavy atom. The Bertz CT molecular complexity index is 622. The second-order valence-corrected chi connectivity index (χ2v) is 5.89. The van der Waals surface area contributed by atoms with Crippen molar-refractivity contribution < 1.29 is 0 Å². The van der Waals surface area contributed by atoms with Crippen molar-refractivity contribution in [3.8, 4) is 11.1 Å². The first kappa shape index (κ1) is 27.9. The monoisotopic (exact) mass is 378 g/mol. The number of hydrogen-bond donors (Lipinski definition) is 0. The summed E-state index contributed by atoms with van der Waals surface area (Å²) >= 11 is 0. The van der Waals surface area contributed by atoms with Gasteiger partial charge < -0.3 is 0 Å². The average molecular weight is 379 g/mol. The van der Waals surface area contributed by atoms with Gasteiger partial charge >= 0.3 is 0 Å². The van der Waals surface area contributed by atoms with Crippen molar-refractivity contribution in [1.29, 1.82) is 0 Å². The zero-order valence-corrected chi connectivity index (χ0v) is 19.9. The minimum Gasteiger partial charge on any atom is -0.0683 e. The highest BCUT2D eigenvalue weighted by atomic mass is 14.0. The van der Waals surface area contributed by atoms with Crippen LogP contribution >= 0.6 is 0 Å². The molecule has 0 aliphatic heterocycles. The average Bonchev–Trinajstić information content (AvgIpc) is 2.76. The highest BCUT2D eigenvalue weighted by Gasteiger charge is 1.95. The van der Waals surface area contributed by atoms with E-state index in [9.17, 15) is 0 Å². The third-order valence-corrected chi connectivity index (χ3v) is 3.65. The molecule has 3 aromatic rings. The summed E-state index contributed by atoms with van der Waals surface area (Å²) in [5.74, 6) is 0. The SMILES string of the molecule is CC.CC.CC.Cc1ccc(-c2ccc(C)cc2)cc1.Cc1ccc(C)cc1. The van der Waals surface area contributed by atoms with Gasteiger partial charge in [-0.15, -0.1) is 0 Å². The van der Waals surface area contributed by atoms with Crippen LogP contribution < -0.4 is 0 Å². The topological polar surface area (TPSA) is 0 Å². The van der Waals surface area contributed by atoms with Gasteiger partial charge in [0.25, 0.3) is 0 Å². The van der Waals surface area contributed by atoms with Crippen molar-refractivity contribution in [3.63, 3.8) is 0 Å². The lowest BCUT2D eigenvalue weighted by Gasteiger charge is -2.02. The van der Waals surface area contributed by atoms with Crippen molar-refractivity contribution in [1.82, 2.24) is 0 Å². The molecule has 0 bridgehead atoms. The lowest BCUT2D eigenvalue weighted by molar-refractivity contribution is 1.40. The molecule has 0 spiro atoms. The summed E-state index contributed by atoms with van der Waals surface area (Å²) in [6.07, 6.45) is 0. The fourth-order valence-electron chi connectivity index (χ4n) is 2.13. The summed E-state index contributed by atoms with van der Waals surface area (Å²) in [6, 6.07) is 25.7. The van der Waals surface area contributed by atoms with Gasteiger partial charge in [0.05, 0.1) is 0 Å². The Labute approximate surface area is 175 Å². The maximum atomic E-state index is 2.17. The molecule has 0 heterocycles. The van der Waals surface area contributed by atoms with E-state index >= 15 is 0 Å². The van der Waals surface area contributed by atoms with Crippen molar-refractivity contribution in [2.75, 3.05) is 0 Å². The third kappa shape index (κ3) is 12.1. The van der Waals surface area contributed by atoms with Crippen LogP contribution in [0.4, 0.5) is 0 Å². The molecule has 3 rings (SSSR count). The molecule has 3 aromatic carbocycles. The summed E-state index contributed by atoms with van der Waals surface area (Å²) < 4.78 is 0. The molecule has 0 aliphatic rings. The Kier molecular flexibility index (Phi) is 18.0. The first-order valence-electron chi connectivity index (χ1n) is 10.7. The molecule has 0 N–H and O–H groups in total. The quantitative estimate of drug-likeness (QED) is 0.395. The fraction of sp³-hybridized carbons (Fsp3) is 0.357. The lowest BCUT2D eigenvalue weighted by atomic mass is 10.0. The summed E-state index contributed by atoms with van der Waals surface area (Å²) in [5, 5.41) is 0. The molecule has 0 amide bonds. The highest BCUT2D eigenvalue weighted by molar-refractivity contribution is 5.63. The van der Waals surface area contributed by atoms with Crippen molar-refractivity contribution in [3.05, 3.63) is 95.1 Å². The van der Waals surface area contributed by atoms with Gasteiger partial charge in [-0.3, -0.25) is 0 Å². The minimum absolute atomic E-state index is 1.29. The number of rotatable bonds is 1. The molecule has 0 atom stereocenters. The number of aryl methyl sites for hydroxylation is 4. The van der Waals surface area contributed by atoms with E-state index in [1.807, 2.05) is 41.5 Å². The van der Waals surface area contributed by atoms with Crippen molar-refractivity contribution in [2.45, 2.75) is 69.2 Å². The maximum Gasteiger partial charge on any atom is -0.0184 e. The highest BCUT2D eigenvalue weighted by Crippen LogP contribution is 2.19. The molecule has 0 saturated carbocycles. The van der Waals surface area contributed by atoms with E-state index in [1.165, 1.54) is 33.4 Å². The lowest BCUT2D eigenvalue weighted by Crippen LogP contribution is -1.78. The Balaban J connectivity index is 0. The largest absolute Gasteiger partial charge is 0.0683 e. The molecule has 0 heteroatoms. The zero-order chi connectivity index (χ0) is 21.9. The molecule has 154 valence electrons. The summed E-state index contributed by atoms with van der Waals surface area (Å²) in [7, 11) is 0. The van der Waals surface area contributed by atoms with E-state index in [4.69, 9.17) is 0 Å². The van der Waals surface area contributed by atoms with Crippen LogP contribution in [0.2, 0.25) is 0 Å². The Morgan fingerprint density at radius 1 is 0.286 bits per heavy atom. The van der Waals surface area contributed by atoms with Crippen molar-refractivity contribution in [2.24, 2.45) is 0 Å². The third-order valence-electron chi connectivity index (χ3n) is 3.65. The van der Waals surface area contributed by atoms with E-state index < -0.39 is 0 Å². The van der Waals surface area contributed by atoms with Crippen LogP contribution in [0, 0.1) is 27.7 Å². The van der Waals surface area contributed by atoms with Gasteiger partial charge in [0, 0.05) is 0 Å². The van der Waals surface area contributed by atoms with Crippen LogP contribution in [0.1, 0.15) is 63.8 Å². The predicted molar refractivity (Wildman–Crippen MR) is 131 cm³/mol. The molecule has 0 fully saturated rings. The summed E-state index contributed by atoms with van der Waals surface area (Å²) in [4.78, 5) is 0. The molecule has 28 heavy (non-hydrogen) atoms. The van der Waals surface area contributed by atoms with E-state index in [2.05, 4.69) is 100 Å². The van der Waals surface area contributed by atoms with Crippen molar-refractivity contribution >= 4 is 0 Å². The van der Waals surface area contributed by atoms with Gasteiger partial charge in [-0.05, 0) is 38.8 Å². The second-order valence-electron chi connectivity index (χ2n) is 5.89. The van der Waals surface area contributed by atoms with Crippen LogP contribution in [0.3, 0.4) is 0 Å². The zero-order valence-electron chi connectivity index (χ0n) is 19.9. The Hall–Kier alpha value is -2.34. The number of benzene rings is 3. The molecule has 0 radical (unpaired) electrons. The number of hydrogen-bond acceptors (Lipinski definition) is 0. The van der Waals surface area contributed by atoms with Gasteiger partial charge in [-0.1, -0.05) is 137 Å². The first-order chi connectivity index (χ1) is 13.5. The van der Waals surface area contributed by atoms with Crippen LogP contribution in [0.25, 0.3) is 11.1 Å². The van der Waals surface area contributed by atoms with E-state index in [-0.39, 0.29) is 0 Å². The molecule has 0 nitrogen and oxygen atoms in total. The Morgan fingerprint density at radius 2 is 0.429 bits per heavy atom. The molecule has 0 unspecified atom stereocenters. The summed E-state index contributed by atoms with van der Waals surface area (Å²) in [6.45, 7) is 20.4. The van der Waals surface area contributed by atoms with Crippen LogP contribution in [-0.4, -0.2) is 0 Å². The maximum absolute atomic E-state index is 2.17. The van der Waals surface area contributed by atoms with E-state index in [0.717, 1.165) is 0 Å². The molecule has 0 saturated heterocycles. The summed E-state index contributed by atoms with van der Waals surface area (Å²) in [5.41, 5.74) is 7.85. The predicted octanol–water partition coefficient (Wildman–Crippen LogP) is 9.35.